The zero-order chi connectivity index (χ0) is 16.2. The van der Waals surface area contributed by atoms with Gasteiger partial charge in [-0.1, -0.05) is 17.8 Å². The summed E-state index contributed by atoms with van der Waals surface area (Å²) in [7, 11) is 0. The Morgan fingerprint density at radius 1 is 1.39 bits per heavy atom. The average molecular weight is 349 g/mol. The predicted octanol–water partition coefficient (Wildman–Crippen LogP) is 3.13. The summed E-state index contributed by atoms with van der Waals surface area (Å²) in [5.74, 6) is 1.43. The highest BCUT2D eigenvalue weighted by atomic mass is 32.2. The first kappa shape index (κ1) is 16.4. The molecule has 0 bridgehead atoms. The zero-order valence-corrected chi connectivity index (χ0v) is 14.8. The number of nitrogens with zero attached hydrogens (tertiary/aromatic N) is 3. The second-order valence-electron chi connectivity index (χ2n) is 5.57. The Balaban J connectivity index is 1.64. The molecule has 2 unspecified atom stereocenters. The van der Waals surface area contributed by atoms with Gasteiger partial charge >= 0.3 is 0 Å². The Hall–Kier alpha value is -1.44. The van der Waals surface area contributed by atoms with Gasteiger partial charge in [-0.2, -0.15) is 0 Å². The predicted molar refractivity (Wildman–Crippen MR) is 93.6 cm³/mol. The van der Waals surface area contributed by atoms with Crippen LogP contribution in [0.1, 0.15) is 23.5 Å². The summed E-state index contributed by atoms with van der Waals surface area (Å²) >= 11 is 2.93. The average Bonchev–Trinajstić information content (AvgIpc) is 3.06. The maximum Gasteiger partial charge on any atom is 0.183 e. The quantitative estimate of drug-likeness (QED) is 0.470. The number of thioether (sulfide) groups is 1. The molecule has 1 saturated heterocycles. The third-order valence-electron chi connectivity index (χ3n) is 3.52. The standard InChI is InChI=1S/C16H19N3O2S2/c1-11-7-19(8-12(2)21-11)15-6-16(18-10-17-15)23-9-13(20)14-4-3-5-22-14/h3-6,10-12H,7-9H2,1-2H3. The SMILES string of the molecule is CC1CN(c2cc(SCC(=O)c3cccs3)ncn2)CC(C)O1. The van der Waals surface area contributed by atoms with E-state index in [1.165, 1.54) is 23.1 Å². The molecule has 0 aliphatic carbocycles. The lowest BCUT2D eigenvalue weighted by Gasteiger charge is -2.36. The maximum absolute atomic E-state index is 12.1. The number of ketones is 1. The van der Waals surface area contributed by atoms with E-state index in [4.69, 9.17) is 4.74 Å². The number of aromatic nitrogens is 2. The van der Waals surface area contributed by atoms with Gasteiger partial charge in [-0.25, -0.2) is 9.97 Å². The molecule has 122 valence electrons. The van der Waals surface area contributed by atoms with E-state index in [2.05, 4.69) is 28.7 Å². The molecule has 23 heavy (non-hydrogen) atoms. The van der Waals surface area contributed by atoms with Crippen LogP contribution < -0.4 is 4.90 Å². The number of anilines is 1. The molecule has 2 aromatic heterocycles. The lowest BCUT2D eigenvalue weighted by Crippen LogP contribution is -2.45. The topological polar surface area (TPSA) is 55.3 Å². The Morgan fingerprint density at radius 3 is 2.87 bits per heavy atom. The van der Waals surface area contributed by atoms with Crippen molar-refractivity contribution in [3.8, 4) is 0 Å². The molecule has 2 aromatic rings. The molecule has 2 atom stereocenters. The number of rotatable bonds is 5. The van der Waals surface area contributed by atoms with E-state index >= 15 is 0 Å². The number of hydrogen-bond acceptors (Lipinski definition) is 7. The van der Waals surface area contributed by atoms with Gasteiger partial charge in [-0.3, -0.25) is 4.79 Å². The molecule has 1 fully saturated rings. The number of ether oxygens (including phenoxy) is 1. The molecule has 3 rings (SSSR count). The Morgan fingerprint density at radius 2 is 2.17 bits per heavy atom. The molecule has 0 aromatic carbocycles. The van der Waals surface area contributed by atoms with E-state index in [1.807, 2.05) is 23.6 Å². The van der Waals surface area contributed by atoms with Gasteiger partial charge in [0.15, 0.2) is 5.78 Å². The highest BCUT2D eigenvalue weighted by Gasteiger charge is 2.23. The lowest BCUT2D eigenvalue weighted by atomic mass is 10.2. The van der Waals surface area contributed by atoms with Crippen LogP contribution in [0.2, 0.25) is 0 Å². The molecule has 0 N–H and O–H groups in total. The van der Waals surface area contributed by atoms with Crippen molar-refractivity contribution in [3.05, 3.63) is 34.8 Å². The number of carbonyl (C=O) groups excluding carboxylic acids is 1. The van der Waals surface area contributed by atoms with Crippen molar-refractivity contribution < 1.29 is 9.53 Å². The van der Waals surface area contributed by atoms with Gasteiger partial charge in [0.1, 0.15) is 17.2 Å². The first-order valence-electron chi connectivity index (χ1n) is 7.54. The van der Waals surface area contributed by atoms with Crippen molar-refractivity contribution in [1.29, 1.82) is 0 Å². The van der Waals surface area contributed by atoms with Crippen molar-refractivity contribution >= 4 is 34.7 Å². The Labute approximate surface area is 144 Å². The van der Waals surface area contributed by atoms with Crippen LogP contribution in [0.15, 0.2) is 34.9 Å². The van der Waals surface area contributed by atoms with Crippen molar-refractivity contribution in [2.45, 2.75) is 31.1 Å². The van der Waals surface area contributed by atoms with Gasteiger partial charge in [0.05, 0.1) is 22.8 Å². The van der Waals surface area contributed by atoms with Crippen molar-refractivity contribution in [1.82, 2.24) is 9.97 Å². The number of Topliss-reactive ketones (excluding diaryl/α,β-unsaturated/α-hetero) is 1. The monoisotopic (exact) mass is 349 g/mol. The van der Waals surface area contributed by atoms with Crippen LogP contribution in [0.25, 0.3) is 0 Å². The van der Waals surface area contributed by atoms with E-state index in [1.54, 1.807) is 6.33 Å². The van der Waals surface area contributed by atoms with Crippen molar-refractivity contribution in [3.63, 3.8) is 0 Å². The molecule has 0 radical (unpaired) electrons. The molecule has 0 saturated carbocycles. The fourth-order valence-corrected chi connectivity index (χ4v) is 4.10. The van der Waals surface area contributed by atoms with Crippen LogP contribution in [0.5, 0.6) is 0 Å². The fraction of sp³-hybridized carbons (Fsp3) is 0.438. The first-order chi connectivity index (χ1) is 11.1. The van der Waals surface area contributed by atoms with E-state index < -0.39 is 0 Å². The van der Waals surface area contributed by atoms with Crippen molar-refractivity contribution in [2.75, 3.05) is 23.7 Å². The van der Waals surface area contributed by atoms with Gasteiger partial charge in [0.25, 0.3) is 0 Å². The summed E-state index contributed by atoms with van der Waals surface area (Å²) < 4.78 is 5.75. The summed E-state index contributed by atoms with van der Waals surface area (Å²) in [4.78, 5) is 23.7. The smallest absolute Gasteiger partial charge is 0.183 e. The third-order valence-corrected chi connectivity index (χ3v) is 5.35. The van der Waals surface area contributed by atoms with E-state index in [0.29, 0.717) is 5.75 Å². The highest BCUT2D eigenvalue weighted by Crippen LogP contribution is 2.24. The van der Waals surface area contributed by atoms with Crippen LogP contribution in [0, 0.1) is 0 Å². The molecule has 0 amide bonds. The van der Waals surface area contributed by atoms with Gasteiger partial charge < -0.3 is 9.64 Å². The first-order valence-corrected chi connectivity index (χ1v) is 9.40. The van der Waals surface area contributed by atoms with Crippen LogP contribution in [-0.2, 0) is 4.74 Å². The molecular formula is C16H19N3O2S2. The second-order valence-corrected chi connectivity index (χ2v) is 7.51. The van der Waals surface area contributed by atoms with Gasteiger partial charge in [0.2, 0.25) is 0 Å². The normalized spacial score (nSPS) is 21.4. The van der Waals surface area contributed by atoms with Gasteiger partial charge in [-0.15, -0.1) is 11.3 Å². The molecule has 0 spiro atoms. The van der Waals surface area contributed by atoms with E-state index in [0.717, 1.165) is 28.8 Å². The van der Waals surface area contributed by atoms with Gasteiger partial charge in [-0.05, 0) is 25.3 Å². The zero-order valence-electron chi connectivity index (χ0n) is 13.1. The van der Waals surface area contributed by atoms with Crippen LogP contribution in [-0.4, -0.2) is 46.8 Å². The summed E-state index contributed by atoms with van der Waals surface area (Å²) in [5.41, 5.74) is 0. The summed E-state index contributed by atoms with van der Waals surface area (Å²) in [6.45, 7) is 5.78. The van der Waals surface area contributed by atoms with Crippen LogP contribution in [0.4, 0.5) is 5.82 Å². The highest BCUT2D eigenvalue weighted by molar-refractivity contribution is 8.00. The molecule has 7 heteroatoms. The minimum Gasteiger partial charge on any atom is -0.372 e. The van der Waals surface area contributed by atoms with E-state index in [-0.39, 0.29) is 18.0 Å². The van der Waals surface area contributed by atoms with Crippen LogP contribution >= 0.6 is 23.1 Å². The number of morpholine rings is 1. The van der Waals surface area contributed by atoms with Gasteiger partial charge in [0, 0.05) is 19.2 Å². The minimum absolute atomic E-state index is 0.138. The fourth-order valence-electron chi connectivity index (χ4n) is 2.59. The maximum atomic E-state index is 12.1. The number of thiophene rings is 1. The summed E-state index contributed by atoms with van der Waals surface area (Å²) in [6, 6.07) is 5.71. The van der Waals surface area contributed by atoms with Crippen molar-refractivity contribution in [2.24, 2.45) is 0 Å². The Bertz CT molecular complexity index is 653. The molecule has 5 nitrogen and oxygen atoms in total. The Kier molecular flexibility index (Phi) is 5.30. The lowest BCUT2D eigenvalue weighted by molar-refractivity contribution is -0.00548. The molecule has 1 aliphatic rings. The molecular weight excluding hydrogens is 330 g/mol. The minimum atomic E-state index is 0.138. The third kappa shape index (κ3) is 4.31. The number of carbonyl (C=O) groups is 1. The van der Waals surface area contributed by atoms with E-state index in [9.17, 15) is 4.79 Å². The largest absolute Gasteiger partial charge is 0.372 e. The van der Waals surface area contributed by atoms with Crippen LogP contribution in [0.3, 0.4) is 0 Å². The second kappa shape index (κ2) is 7.42. The molecule has 1 aliphatic heterocycles. The summed E-state index contributed by atoms with van der Waals surface area (Å²) in [5, 5.41) is 2.74. The number of hydrogen-bond donors (Lipinski definition) is 0. The summed E-state index contributed by atoms with van der Waals surface area (Å²) in [6.07, 6.45) is 1.94. The molecule has 3 heterocycles.